The van der Waals surface area contributed by atoms with Crippen LogP contribution in [0.1, 0.15) is 40.5 Å². The Labute approximate surface area is 106 Å². The van der Waals surface area contributed by atoms with Crippen LogP contribution in [0.5, 0.6) is 0 Å². The Morgan fingerprint density at radius 3 is 2.41 bits per heavy atom. The van der Waals surface area contributed by atoms with E-state index in [9.17, 15) is 4.79 Å². The van der Waals surface area contributed by atoms with Gasteiger partial charge in [0.25, 0.3) is 0 Å². The summed E-state index contributed by atoms with van der Waals surface area (Å²) in [6, 6.07) is -0.193. The van der Waals surface area contributed by atoms with Crippen molar-refractivity contribution in [2.75, 3.05) is 32.8 Å². The zero-order valence-electron chi connectivity index (χ0n) is 11.8. The van der Waals surface area contributed by atoms with Crippen LogP contribution in [0.25, 0.3) is 0 Å². The third kappa shape index (κ3) is 7.34. The summed E-state index contributed by atoms with van der Waals surface area (Å²) in [5.74, 6) is -0.129. The Hall–Kier alpha value is -0.610. The van der Waals surface area contributed by atoms with E-state index in [2.05, 4.69) is 31.0 Å². The normalized spacial score (nSPS) is 12.8. The van der Waals surface area contributed by atoms with Gasteiger partial charge in [0.15, 0.2) is 0 Å². The highest BCUT2D eigenvalue weighted by Gasteiger charge is 2.21. The van der Waals surface area contributed by atoms with Crippen LogP contribution in [-0.4, -0.2) is 49.7 Å². The summed E-state index contributed by atoms with van der Waals surface area (Å²) >= 11 is 0. The predicted octanol–water partition coefficient (Wildman–Crippen LogP) is 1.65. The lowest BCUT2D eigenvalue weighted by molar-refractivity contribution is -0.146. The van der Waals surface area contributed by atoms with Crippen molar-refractivity contribution in [3.63, 3.8) is 0 Å². The van der Waals surface area contributed by atoms with Gasteiger partial charge >= 0.3 is 5.97 Å². The molecule has 1 N–H and O–H groups in total. The number of hydrogen-bond donors (Lipinski definition) is 1. The van der Waals surface area contributed by atoms with E-state index in [0.717, 1.165) is 39.0 Å². The predicted molar refractivity (Wildman–Crippen MR) is 71.1 cm³/mol. The number of esters is 1. The van der Waals surface area contributed by atoms with Crippen molar-refractivity contribution in [1.82, 2.24) is 10.2 Å². The van der Waals surface area contributed by atoms with Crippen LogP contribution in [0.4, 0.5) is 0 Å². The zero-order chi connectivity index (χ0) is 13.1. The van der Waals surface area contributed by atoms with Crippen LogP contribution in [0.15, 0.2) is 0 Å². The number of likely N-dealkylation sites (N-methyl/N-ethyl adjacent to an activating group) is 1. The average Bonchev–Trinajstić information content (AvgIpc) is 2.33. The van der Waals surface area contributed by atoms with Gasteiger partial charge in [0, 0.05) is 6.54 Å². The average molecular weight is 244 g/mol. The molecule has 0 radical (unpaired) electrons. The Morgan fingerprint density at radius 1 is 1.24 bits per heavy atom. The Kier molecular flexibility index (Phi) is 10.2. The fraction of sp³-hybridized carbons (Fsp3) is 0.923. The van der Waals surface area contributed by atoms with Crippen LogP contribution in [0.3, 0.4) is 0 Å². The highest BCUT2D eigenvalue weighted by molar-refractivity contribution is 5.76. The van der Waals surface area contributed by atoms with Gasteiger partial charge in [-0.05, 0) is 39.4 Å². The van der Waals surface area contributed by atoms with Gasteiger partial charge in [-0.3, -0.25) is 4.79 Å². The molecular weight excluding hydrogens is 216 g/mol. The maximum absolute atomic E-state index is 11.8. The second-order valence-corrected chi connectivity index (χ2v) is 4.15. The molecule has 17 heavy (non-hydrogen) atoms. The van der Waals surface area contributed by atoms with Gasteiger partial charge in [-0.1, -0.05) is 20.8 Å². The molecule has 1 unspecified atom stereocenters. The molecule has 0 aromatic rings. The van der Waals surface area contributed by atoms with E-state index in [1.54, 1.807) is 0 Å². The molecule has 0 aliphatic carbocycles. The molecule has 0 saturated carbocycles. The van der Waals surface area contributed by atoms with E-state index >= 15 is 0 Å². The Balaban J connectivity index is 4.28. The minimum Gasteiger partial charge on any atom is -0.465 e. The van der Waals surface area contributed by atoms with Crippen molar-refractivity contribution in [3.8, 4) is 0 Å². The molecule has 0 aliphatic heterocycles. The van der Waals surface area contributed by atoms with Gasteiger partial charge in [0.05, 0.1) is 6.61 Å². The fourth-order valence-electron chi connectivity index (χ4n) is 1.74. The Morgan fingerprint density at radius 2 is 1.94 bits per heavy atom. The SMILES string of the molecule is CCCNC(CN(CC)CCC)C(=O)OCC. The minimum absolute atomic E-state index is 0.129. The quantitative estimate of drug-likeness (QED) is 0.593. The first-order chi connectivity index (χ1) is 8.19. The van der Waals surface area contributed by atoms with Crippen molar-refractivity contribution in [1.29, 1.82) is 0 Å². The first kappa shape index (κ1) is 16.4. The maximum Gasteiger partial charge on any atom is 0.324 e. The van der Waals surface area contributed by atoms with Crippen LogP contribution < -0.4 is 5.32 Å². The molecule has 4 nitrogen and oxygen atoms in total. The number of hydrogen-bond acceptors (Lipinski definition) is 4. The highest BCUT2D eigenvalue weighted by atomic mass is 16.5. The first-order valence-corrected chi connectivity index (χ1v) is 6.81. The van der Waals surface area contributed by atoms with Gasteiger partial charge < -0.3 is 15.0 Å². The monoisotopic (exact) mass is 244 g/mol. The second-order valence-electron chi connectivity index (χ2n) is 4.15. The summed E-state index contributed by atoms with van der Waals surface area (Å²) in [5.41, 5.74) is 0. The van der Waals surface area contributed by atoms with Gasteiger partial charge in [0.2, 0.25) is 0 Å². The molecule has 4 heteroatoms. The van der Waals surface area contributed by atoms with Crippen LogP contribution >= 0.6 is 0 Å². The van der Waals surface area contributed by atoms with E-state index in [4.69, 9.17) is 4.74 Å². The molecule has 0 saturated heterocycles. The van der Waals surface area contributed by atoms with E-state index in [1.807, 2.05) is 6.92 Å². The number of nitrogens with zero attached hydrogens (tertiary/aromatic N) is 1. The van der Waals surface area contributed by atoms with Crippen molar-refractivity contribution < 1.29 is 9.53 Å². The molecule has 0 aromatic heterocycles. The van der Waals surface area contributed by atoms with E-state index in [0.29, 0.717) is 6.61 Å². The largest absolute Gasteiger partial charge is 0.465 e. The molecule has 0 amide bonds. The lowest BCUT2D eigenvalue weighted by Gasteiger charge is -2.25. The van der Waals surface area contributed by atoms with Gasteiger partial charge in [0.1, 0.15) is 6.04 Å². The number of carbonyl (C=O) groups excluding carboxylic acids is 1. The summed E-state index contributed by atoms with van der Waals surface area (Å²) < 4.78 is 5.10. The van der Waals surface area contributed by atoms with Crippen molar-refractivity contribution in [2.24, 2.45) is 0 Å². The highest BCUT2D eigenvalue weighted by Crippen LogP contribution is 1.98. The lowest BCUT2D eigenvalue weighted by atomic mass is 10.2. The summed E-state index contributed by atoms with van der Waals surface area (Å²) in [6.45, 7) is 12.3. The Bertz CT molecular complexity index is 198. The summed E-state index contributed by atoms with van der Waals surface area (Å²) in [6.07, 6.45) is 2.13. The summed E-state index contributed by atoms with van der Waals surface area (Å²) in [4.78, 5) is 14.1. The van der Waals surface area contributed by atoms with Crippen LogP contribution in [-0.2, 0) is 9.53 Å². The van der Waals surface area contributed by atoms with Gasteiger partial charge in [-0.2, -0.15) is 0 Å². The smallest absolute Gasteiger partial charge is 0.324 e. The molecule has 0 fully saturated rings. The molecule has 0 spiro atoms. The number of carbonyl (C=O) groups is 1. The molecule has 0 aliphatic rings. The molecular formula is C13H28N2O2. The third-order valence-electron chi connectivity index (χ3n) is 2.64. The molecule has 0 bridgehead atoms. The first-order valence-electron chi connectivity index (χ1n) is 6.81. The number of nitrogens with one attached hydrogen (secondary N) is 1. The van der Waals surface area contributed by atoms with Crippen LogP contribution in [0, 0.1) is 0 Å². The standard InChI is InChI=1S/C13H28N2O2/c1-5-9-14-12(13(16)17-8-4)11-15(7-3)10-6-2/h12,14H,5-11H2,1-4H3. The maximum atomic E-state index is 11.8. The molecule has 0 rings (SSSR count). The summed E-state index contributed by atoms with van der Waals surface area (Å²) in [7, 11) is 0. The van der Waals surface area contributed by atoms with Gasteiger partial charge in [-0.25, -0.2) is 0 Å². The summed E-state index contributed by atoms with van der Waals surface area (Å²) in [5, 5.41) is 3.26. The number of rotatable bonds is 10. The second kappa shape index (κ2) is 10.5. The molecule has 1 atom stereocenters. The lowest BCUT2D eigenvalue weighted by Crippen LogP contribution is -2.47. The van der Waals surface area contributed by atoms with Crippen molar-refractivity contribution >= 4 is 5.97 Å². The van der Waals surface area contributed by atoms with E-state index in [1.165, 1.54) is 0 Å². The van der Waals surface area contributed by atoms with Crippen LogP contribution in [0.2, 0.25) is 0 Å². The van der Waals surface area contributed by atoms with E-state index < -0.39 is 0 Å². The van der Waals surface area contributed by atoms with Crippen molar-refractivity contribution in [2.45, 2.75) is 46.6 Å². The zero-order valence-corrected chi connectivity index (χ0v) is 11.8. The van der Waals surface area contributed by atoms with E-state index in [-0.39, 0.29) is 12.0 Å². The molecule has 0 aromatic carbocycles. The topological polar surface area (TPSA) is 41.6 Å². The molecule has 102 valence electrons. The number of ether oxygens (including phenoxy) is 1. The van der Waals surface area contributed by atoms with Crippen molar-refractivity contribution in [3.05, 3.63) is 0 Å². The molecule has 0 heterocycles. The third-order valence-corrected chi connectivity index (χ3v) is 2.64. The fourth-order valence-corrected chi connectivity index (χ4v) is 1.74. The van der Waals surface area contributed by atoms with Gasteiger partial charge in [-0.15, -0.1) is 0 Å². The minimum atomic E-state index is -0.193.